The summed E-state index contributed by atoms with van der Waals surface area (Å²) in [6.07, 6.45) is 1.03. The lowest BCUT2D eigenvalue weighted by atomic mass is 9.80. The molecule has 0 atom stereocenters. The third-order valence-electron chi connectivity index (χ3n) is 6.51. The van der Waals surface area contributed by atoms with Gasteiger partial charge < -0.3 is 10.2 Å². The van der Waals surface area contributed by atoms with E-state index >= 15 is 0 Å². The maximum Gasteiger partial charge on any atom is 0.416 e. The first-order valence-electron chi connectivity index (χ1n) is 11.6. The van der Waals surface area contributed by atoms with Crippen LogP contribution in [0.5, 0.6) is 0 Å². The first-order valence-corrected chi connectivity index (χ1v) is 12.0. The van der Waals surface area contributed by atoms with Crippen LogP contribution < -0.4 is 5.32 Å². The van der Waals surface area contributed by atoms with Crippen LogP contribution in [0.4, 0.5) is 18.9 Å². The van der Waals surface area contributed by atoms with Crippen LogP contribution in [0.1, 0.15) is 57.8 Å². The Morgan fingerprint density at radius 3 is 2.49 bits per heavy atom. The molecule has 0 spiro atoms. The van der Waals surface area contributed by atoms with Gasteiger partial charge in [0.15, 0.2) is 0 Å². The summed E-state index contributed by atoms with van der Waals surface area (Å²) in [5, 5.41) is 3.15. The van der Waals surface area contributed by atoms with Crippen LogP contribution in [0.3, 0.4) is 0 Å². The van der Waals surface area contributed by atoms with Crippen LogP contribution in [0.25, 0.3) is 0 Å². The fraction of sp³-hybridized carbons (Fsp3) is 0.333. The molecule has 3 aromatic rings. The van der Waals surface area contributed by atoms with Gasteiger partial charge in [-0.25, -0.2) is 4.98 Å². The summed E-state index contributed by atoms with van der Waals surface area (Å²) in [6, 6.07) is 15.0. The Hall–Kier alpha value is -3.06. The van der Waals surface area contributed by atoms with Crippen LogP contribution in [-0.4, -0.2) is 29.4 Å². The minimum absolute atomic E-state index is 0.190. The average molecular weight is 502 g/mol. The lowest BCUT2D eigenvalue weighted by molar-refractivity contribution is -0.137. The summed E-state index contributed by atoms with van der Waals surface area (Å²) in [7, 11) is 1.69. The molecule has 0 radical (unpaired) electrons. The highest BCUT2D eigenvalue weighted by Gasteiger charge is 2.30. The van der Waals surface area contributed by atoms with Crippen molar-refractivity contribution in [1.82, 2.24) is 9.88 Å². The van der Waals surface area contributed by atoms with E-state index in [0.717, 1.165) is 17.7 Å². The second-order valence-corrected chi connectivity index (χ2v) is 9.23. The largest absolute Gasteiger partial charge is 0.416 e. The zero-order valence-corrected chi connectivity index (χ0v) is 20.2. The first-order chi connectivity index (χ1) is 16.7. The van der Waals surface area contributed by atoms with Crippen LogP contribution in [0.2, 0.25) is 5.15 Å². The molecule has 4 nitrogen and oxygen atoms in total. The molecular formula is C27H27ClF3N3O. The molecule has 1 heterocycles. The molecule has 184 valence electrons. The van der Waals surface area contributed by atoms with E-state index in [1.807, 2.05) is 12.1 Å². The van der Waals surface area contributed by atoms with Crippen LogP contribution >= 0.6 is 11.6 Å². The van der Waals surface area contributed by atoms with Gasteiger partial charge in [-0.2, -0.15) is 13.2 Å². The molecule has 2 aromatic carbocycles. The SMILES string of the molecule is CNc1cnc(Cl)cc1C(=O)N(CCc1cccc(C(F)(F)F)c1)Cc1ccc(C2CCC2)cc1. The van der Waals surface area contributed by atoms with E-state index in [9.17, 15) is 18.0 Å². The number of benzene rings is 2. The number of pyridine rings is 1. The predicted molar refractivity (Wildman–Crippen MR) is 132 cm³/mol. The monoisotopic (exact) mass is 501 g/mol. The maximum atomic E-state index is 13.6. The molecule has 1 fully saturated rings. The number of rotatable bonds is 8. The minimum atomic E-state index is -4.41. The highest BCUT2D eigenvalue weighted by Crippen LogP contribution is 2.36. The Labute approximate surface area is 208 Å². The van der Waals surface area contributed by atoms with Crippen molar-refractivity contribution >= 4 is 23.2 Å². The second-order valence-electron chi connectivity index (χ2n) is 8.85. The maximum absolute atomic E-state index is 13.6. The Balaban J connectivity index is 1.57. The summed E-state index contributed by atoms with van der Waals surface area (Å²) in [6.45, 7) is 0.569. The van der Waals surface area contributed by atoms with Crippen LogP contribution in [0, 0.1) is 0 Å². The molecule has 1 aliphatic carbocycles. The molecular weight excluding hydrogens is 475 g/mol. The molecule has 0 saturated heterocycles. The standard InChI is InChI=1S/C27H27ClF3N3O/c1-32-24-16-33-25(28)15-23(24)26(35)34(13-12-18-4-2-7-22(14-18)27(29,30)31)17-19-8-10-21(11-9-19)20-5-3-6-20/h2,4,7-11,14-16,20,32H,3,5-6,12-13,17H2,1H3. The summed E-state index contributed by atoms with van der Waals surface area (Å²) in [5.41, 5.74) is 2.97. The lowest BCUT2D eigenvalue weighted by Gasteiger charge is -2.27. The van der Waals surface area contributed by atoms with E-state index in [1.54, 1.807) is 18.0 Å². The van der Waals surface area contributed by atoms with Gasteiger partial charge in [-0.05, 0) is 54.0 Å². The normalized spacial score (nSPS) is 13.9. The molecule has 8 heteroatoms. The molecule has 35 heavy (non-hydrogen) atoms. The molecule has 1 aromatic heterocycles. The third-order valence-corrected chi connectivity index (χ3v) is 6.72. The van der Waals surface area contributed by atoms with Crippen LogP contribution in [0.15, 0.2) is 60.8 Å². The summed E-state index contributed by atoms with van der Waals surface area (Å²) >= 11 is 6.07. The average Bonchev–Trinajstić information content (AvgIpc) is 2.81. The second kappa shape index (κ2) is 10.7. The van der Waals surface area contributed by atoms with Crippen molar-refractivity contribution in [3.05, 3.63) is 93.8 Å². The Bertz CT molecular complexity index is 1180. The molecule has 0 bridgehead atoms. The molecule has 1 aliphatic rings. The minimum Gasteiger partial charge on any atom is -0.386 e. The van der Waals surface area contributed by atoms with Crippen molar-refractivity contribution in [3.63, 3.8) is 0 Å². The Kier molecular flexibility index (Phi) is 7.65. The summed E-state index contributed by atoms with van der Waals surface area (Å²) in [4.78, 5) is 19.3. The van der Waals surface area contributed by atoms with Gasteiger partial charge in [0.1, 0.15) is 5.15 Å². The van der Waals surface area contributed by atoms with E-state index in [0.29, 0.717) is 29.3 Å². The van der Waals surface area contributed by atoms with Crippen molar-refractivity contribution in [2.24, 2.45) is 0 Å². The number of hydrogen-bond acceptors (Lipinski definition) is 3. The molecule has 0 unspecified atom stereocenters. The van der Waals surface area contributed by atoms with E-state index in [4.69, 9.17) is 11.6 Å². The summed E-state index contributed by atoms with van der Waals surface area (Å²) in [5.74, 6) is 0.341. The first kappa shape index (κ1) is 25.0. The van der Waals surface area contributed by atoms with Gasteiger partial charge in [0, 0.05) is 20.1 Å². The fourth-order valence-electron chi connectivity index (χ4n) is 4.25. The lowest BCUT2D eigenvalue weighted by Crippen LogP contribution is -2.33. The van der Waals surface area contributed by atoms with Gasteiger partial charge in [-0.15, -0.1) is 0 Å². The van der Waals surface area contributed by atoms with Crippen molar-refractivity contribution in [1.29, 1.82) is 0 Å². The number of anilines is 1. The van der Waals surface area contributed by atoms with Gasteiger partial charge in [-0.3, -0.25) is 4.79 Å². The van der Waals surface area contributed by atoms with Gasteiger partial charge in [-0.1, -0.05) is 60.5 Å². The number of nitrogens with one attached hydrogen (secondary N) is 1. The molecule has 1 N–H and O–H groups in total. The Morgan fingerprint density at radius 2 is 1.86 bits per heavy atom. The van der Waals surface area contributed by atoms with Crippen molar-refractivity contribution in [2.45, 2.75) is 44.3 Å². The van der Waals surface area contributed by atoms with E-state index in [2.05, 4.69) is 22.4 Å². The number of halogens is 4. The molecule has 1 amide bonds. The van der Waals surface area contributed by atoms with E-state index < -0.39 is 11.7 Å². The zero-order valence-electron chi connectivity index (χ0n) is 19.4. The van der Waals surface area contributed by atoms with Gasteiger partial charge in [0.2, 0.25) is 0 Å². The number of carbonyl (C=O) groups is 1. The number of nitrogens with zero attached hydrogens (tertiary/aromatic N) is 2. The molecule has 0 aliphatic heterocycles. The van der Waals surface area contributed by atoms with Crippen molar-refractivity contribution in [2.75, 3.05) is 18.9 Å². The quantitative estimate of drug-likeness (QED) is 0.340. The van der Waals surface area contributed by atoms with Crippen LogP contribution in [-0.2, 0) is 19.1 Å². The fourth-order valence-corrected chi connectivity index (χ4v) is 4.41. The van der Waals surface area contributed by atoms with Crippen molar-refractivity contribution < 1.29 is 18.0 Å². The number of aromatic nitrogens is 1. The topological polar surface area (TPSA) is 45.2 Å². The molecule has 1 saturated carbocycles. The van der Waals surface area contributed by atoms with E-state index in [-0.39, 0.29) is 24.0 Å². The number of carbonyl (C=O) groups excluding carboxylic acids is 1. The van der Waals surface area contributed by atoms with E-state index in [1.165, 1.54) is 43.2 Å². The Morgan fingerprint density at radius 1 is 1.11 bits per heavy atom. The number of hydrogen-bond donors (Lipinski definition) is 1. The van der Waals surface area contributed by atoms with Crippen molar-refractivity contribution in [3.8, 4) is 0 Å². The zero-order chi connectivity index (χ0) is 25.0. The molecule has 4 rings (SSSR count). The van der Waals surface area contributed by atoms with Gasteiger partial charge >= 0.3 is 6.18 Å². The predicted octanol–water partition coefficient (Wildman–Crippen LogP) is 6.95. The number of alkyl halides is 3. The highest BCUT2D eigenvalue weighted by molar-refractivity contribution is 6.29. The highest BCUT2D eigenvalue weighted by atomic mass is 35.5. The number of amides is 1. The third kappa shape index (κ3) is 6.14. The smallest absolute Gasteiger partial charge is 0.386 e. The summed E-state index contributed by atoms with van der Waals surface area (Å²) < 4.78 is 39.5. The van der Waals surface area contributed by atoms with Gasteiger partial charge in [0.25, 0.3) is 5.91 Å². The van der Waals surface area contributed by atoms with Gasteiger partial charge in [0.05, 0.1) is 23.0 Å².